The van der Waals surface area contributed by atoms with Gasteiger partial charge in [-0.3, -0.25) is 4.90 Å². The molecule has 1 aliphatic carbocycles. The van der Waals surface area contributed by atoms with Crippen molar-refractivity contribution in [3.8, 4) is 0 Å². The van der Waals surface area contributed by atoms with Gasteiger partial charge < -0.3 is 5.11 Å². The highest BCUT2D eigenvalue weighted by atomic mass is 32.2. The highest BCUT2D eigenvalue weighted by Crippen LogP contribution is 2.24. The summed E-state index contributed by atoms with van der Waals surface area (Å²) in [6.45, 7) is 4.33. The number of aliphatic hydroxyl groups is 1. The predicted molar refractivity (Wildman–Crippen MR) is 82.8 cm³/mol. The van der Waals surface area contributed by atoms with E-state index in [-0.39, 0.29) is 6.61 Å². The second kappa shape index (κ2) is 7.93. The van der Waals surface area contributed by atoms with Crippen molar-refractivity contribution in [3.05, 3.63) is 29.8 Å². The molecule has 1 saturated carbocycles. The lowest BCUT2D eigenvalue weighted by molar-refractivity contribution is 0.159. The molecule has 3 heteroatoms. The Balaban J connectivity index is 1.76. The van der Waals surface area contributed by atoms with Crippen molar-refractivity contribution in [1.82, 2.24) is 4.90 Å². The van der Waals surface area contributed by atoms with Crippen molar-refractivity contribution in [1.29, 1.82) is 0 Å². The van der Waals surface area contributed by atoms with E-state index in [1.54, 1.807) is 0 Å². The van der Waals surface area contributed by atoms with Gasteiger partial charge in [0.05, 0.1) is 6.61 Å². The third kappa shape index (κ3) is 4.83. The predicted octanol–water partition coefficient (Wildman–Crippen LogP) is 3.32. The van der Waals surface area contributed by atoms with Crippen LogP contribution in [0.1, 0.15) is 31.2 Å². The van der Waals surface area contributed by atoms with E-state index < -0.39 is 0 Å². The van der Waals surface area contributed by atoms with Crippen LogP contribution in [0.4, 0.5) is 0 Å². The molecule has 1 aromatic carbocycles. The highest BCUT2D eigenvalue weighted by Gasteiger charge is 2.21. The lowest BCUT2D eigenvalue weighted by atomic mass is 10.2. The number of rotatable bonds is 7. The third-order valence-corrected chi connectivity index (χ3v) is 4.89. The Morgan fingerprint density at radius 1 is 1.16 bits per heavy atom. The van der Waals surface area contributed by atoms with Crippen molar-refractivity contribution in [3.63, 3.8) is 0 Å². The van der Waals surface area contributed by atoms with E-state index in [9.17, 15) is 5.11 Å². The molecule has 0 spiro atoms. The van der Waals surface area contributed by atoms with E-state index in [0.717, 1.165) is 18.8 Å². The Bertz CT molecular complexity index is 360. The van der Waals surface area contributed by atoms with Crippen LogP contribution in [0.25, 0.3) is 0 Å². The van der Waals surface area contributed by atoms with Gasteiger partial charge in [0.15, 0.2) is 0 Å². The summed E-state index contributed by atoms with van der Waals surface area (Å²) < 4.78 is 0. The van der Waals surface area contributed by atoms with Crippen molar-refractivity contribution < 1.29 is 5.11 Å². The van der Waals surface area contributed by atoms with Gasteiger partial charge in [0.1, 0.15) is 0 Å². The van der Waals surface area contributed by atoms with Gasteiger partial charge in [0.2, 0.25) is 0 Å². The fraction of sp³-hybridized carbons (Fsp3) is 0.625. The van der Waals surface area contributed by atoms with Crippen LogP contribution >= 0.6 is 11.8 Å². The second-order valence-electron chi connectivity index (χ2n) is 5.36. The van der Waals surface area contributed by atoms with Crippen LogP contribution in [0.2, 0.25) is 0 Å². The normalized spacial score (nSPS) is 16.4. The van der Waals surface area contributed by atoms with Crippen LogP contribution in [0.15, 0.2) is 29.2 Å². The Hall–Kier alpha value is -0.510. The average molecular weight is 279 g/mol. The summed E-state index contributed by atoms with van der Waals surface area (Å²) in [6.07, 6.45) is 5.35. The lowest BCUT2D eigenvalue weighted by Crippen LogP contribution is -2.37. The molecule has 0 saturated heterocycles. The highest BCUT2D eigenvalue weighted by molar-refractivity contribution is 7.99. The minimum atomic E-state index is 0.283. The number of thioether (sulfide) groups is 1. The minimum Gasteiger partial charge on any atom is -0.395 e. The third-order valence-electron chi connectivity index (χ3n) is 3.90. The Morgan fingerprint density at radius 3 is 2.47 bits per heavy atom. The quantitative estimate of drug-likeness (QED) is 0.775. The molecule has 0 radical (unpaired) electrons. The van der Waals surface area contributed by atoms with Gasteiger partial charge in [-0.2, -0.15) is 0 Å². The van der Waals surface area contributed by atoms with Crippen molar-refractivity contribution in [2.75, 3.05) is 25.4 Å². The zero-order chi connectivity index (χ0) is 13.5. The van der Waals surface area contributed by atoms with Crippen molar-refractivity contribution in [2.45, 2.75) is 43.5 Å². The summed E-state index contributed by atoms with van der Waals surface area (Å²) in [7, 11) is 0. The number of benzene rings is 1. The monoisotopic (exact) mass is 279 g/mol. The molecule has 0 unspecified atom stereocenters. The molecule has 0 aliphatic heterocycles. The molecule has 2 nitrogen and oxygen atoms in total. The zero-order valence-electron chi connectivity index (χ0n) is 11.8. The standard InChI is InChI=1S/C16H25NOS/c1-14-6-8-16(9-7-14)19-13-11-17(10-12-18)15-4-2-3-5-15/h6-9,15,18H,2-5,10-13H2,1H3. The van der Waals surface area contributed by atoms with E-state index in [2.05, 4.69) is 36.1 Å². The van der Waals surface area contributed by atoms with Crippen LogP contribution in [-0.2, 0) is 0 Å². The Kier molecular flexibility index (Phi) is 6.21. The Morgan fingerprint density at radius 2 is 1.84 bits per heavy atom. The molecule has 0 atom stereocenters. The van der Waals surface area contributed by atoms with Crippen molar-refractivity contribution in [2.24, 2.45) is 0 Å². The number of aryl methyl sites for hydroxylation is 1. The van der Waals surface area contributed by atoms with Crippen LogP contribution in [0.5, 0.6) is 0 Å². The Labute approximate surface area is 121 Å². The van der Waals surface area contributed by atoms with Gasteiger partial charge in [-0.15, -0.1) is 11.8 Å². The van der Waals surface area contributed by atoms with Gasteiger partial charge in [-0.1, -0.05) is 30.5 Å². The van der Waals surface area contributed by atoms with E-state index >= 15 is 0 Å². The second-order valence-corrected chi connectivity index (χ2v) is 6.53. The first-order chi connectivity index (χ1) is 9.29. The van der Waals surface area contributed by atoms with Crippen LogP contribution < -0.4 is 0 Å². The lowest BCUT2D eigenvalue weighted by Gasteiger charge is -2.27. The maximum Gasteiger partial charge on any atom is 0.0558 e. The summed E-state index contributed by atoms with van der Waals surface area (Å²) in [5.74, 6) is 1.11. The topological polar surface area (TPSA) is 23.5 Å². The van der Waals surface area contributed by atoms with E-state index in [1.165, 1.54) is 36.1 Å². The van der Waals surface area contributed by atoms with Gasteiger partial charge >= 0.3 is 0 Å². The number of hydrogen-bond donors (Lipinski definition) is 1. The van der Waals surface area contributed by atoms with Crippen LogP contribution in [0, 0.1) is 6.92 Å². The van der Waals surface area contributed by atoms with E-state index in [0.29, 0.717) is 6.04 Å². The summed E-state index contributed by atoms with van der Waals surface area (Å²) in [4.78, 5) is 3.83. The molecule has 0 bridgehead atoms. The van der Waals surface area contributed by atoms with Crippen LogP contribution in [0.3, 0.4) is 0 Å². The molecule has 0 heterocycles. The van der Waals surface area contributed by atoms with Gasteiger partial charge in [-0.05, 0) is 31.9 Å². The first-order valence-corrected chi connectivity index (χ1v) is 8.32. The van der Waals surface area contributed by atoms with Gasteiger partial charge in [-0.25, -0.2) is 0 Å². The van der Waals surface area contributed by atoms with Gasteiger partial charge in [0, 0.05) is 29.8 Å². The molecule has 106 valence electrons. The maximum atomic E-state index is 9.20. The first-order valence-electron chi connectivity index (χ1n) is 7.34. The fourth-order valence-electron chi connectivity index (χ4n) is 2.79. The number of aliphatic hydroxyl groups excluding tert-OH is 1. The molecular weight excluding hydrogens is 254 g/mol. The molecule has 2 rings (SSSR count). The SMILES string of the molecule is Cc1ccc(SCCN(CCO)C2CCCC2)cc1. The van der Waals surface area contributed by atoms with Crippen LogP contribution in [-0.4, -0.2) is 41.5 Å². The smallest absolute Gasteiger partial charge is 0.0558 e. The van der Waals surface area contributed by atoms with Gasteiger partial charge in [0.25, 0.3) is 0 Å². The minimum absolute atomic E-state index is 0.283. The maximum absolute atomic E-state index is 9.20. The van der Waals surface area contributed by atoms with Crippen molar-refractivity contribution >= 4 is 11.8 Å². The van der Waals surface area contributed by atoms with E-state index in [4.69, 9.17) is 0 Å². The molecule has 0 amide bonds. The average Bonchev–Trinajstić information content (AvgIpc) is 2.94. The summed E-state index contributed by atoms with van der Waals surface area (Å²) >= 11 is 1.92. The number of nitrogens with zero attached hydrogens (tertiary/aromatic N) is 1. The molecule has 1 N–H and O–H groups in total. The summed E-state index contributed by atoms with van der Waals surface area (Å²) in [6, 6.07) is 9.46. The first kappa shape index (κ1) is 14.9. The number of hydrogen-bond acceptors (Lipinski definition) is 3. The summed E-state index contributed by atoms with van der Waals surface area (Å²) in [5, 5.41) is 9.20. The molecule has 1 aromatic rings. The molecular formula is C16H25NOS. The fourth-order valence-corrected chi connectivity index (χ4v) is 3.68. The summed E-state index contributed by atoms with van der Waals surface area (Å²) in [5.41, 5.74) is 1.32. The molecule has 0 aromatic heterocycles. The largest absolute Gasteiger partial charge is 0.395 e. The molecule has 1 fully saturated rings. The van der Waals surface area contributed by atoms with E-state index in [1.807, 2.05) is 11.8 Å². The molecule has 1 aliphatic rings. The zero-order valence-corrected chi connectivity index (χ0v) is 12.7. The molecule has 19 heavy (non-hydrogen) atoms.